The third-order valence-corrected chi connectivity index (χ3v) is 3.13. The number of carbonyl (C=O) groups is 3. The molecule has 1 aromatic carbocycles. The second kappa shape index (κ2) is 7.76. The van der Waals surface area contributed by atoms with Gasteiger partial charge in [0, 0.05) is 30.5 Å². The van der Waals surface area contributed by atoms with Crippen LogP contribution in [0.5, 0.6) is 0 Å². The molecule has 11 nitrogen and oxygen atoms in total. The molecule has 24 heavy (non-hydrogen) atoms. The van der Waals surface area contributed by atoms with Crippen molar-refractivity contribution in [2.24, 2.45) is 5.92 Å². The topological polar surface area (TPSA) is 178 Å². The molecule has 0 spiro atoms. The van der Waals surface area contributed by atoms with Crippen molar-refractivity contribution in [2.45, 2.75) is 19.3 Å². The summed E-state index contributed by atoms with van der Waals surface area (Å²) in [5, 5.41) is 39.1. The van der Waals surface area contributed by atoms with Gasteiger partial charge in [0.15, 0.2) is 5.78 Å². The van der Waals surface area contributed by atoms with Crippen molar-refractivity contribution in [2.75, 3.05) is 0 Å². The van der Waals surface area contributed by atoms with E-state index in [-0.39, 0.29) is 12.0 Å². The van der Waals surface area contributed by atoms with Crippen LogP contribution in [0.25, 0.3) is 0 Å². The largest absolute Gasteiger partial charge is 0.481 e. The summed E-state index contributed by atoms with van der Waals surface area (Å²) in [5.74, 6) is -4.81. The average Bonchev–Trinajstić information content (AvgIpc) is 2.49. The zero-order valence-electron chi connectivity index (χ0n) is 12.1. The molecule has 1 aromatic rings. The van der Waals surface area contributed by atoms with E-state index in [2.05, 4.69) is 0 Å². The zero-order chi connectivity index (χ0) is 18.4. The molecule has 1 unspecified atom stereocenters. The second-order valence-electron chi connectivity index (χ2n) is 4.85. The molecule has 0 aliphatic carbocycles. The Morgan fingerprint density at radius 2 is 1.50 bits per heavy atom. The number of ketones is 1. The maximum Gasteiger partial charge on any atom is 0.306 e. The highest BCUT2D eigenvalue weighted by Gasteiger charge is 2.25. The summed E-state index contributed by atoms with van der Waals surface area (Å²) in [6.45, 7) is 0. The van der Waals surface area contributed by atoms with Crippen LogP contribution in [0.2, 0.25) is 0 Å². The van der Waals surface area contributed by atoms with E-state index in [0.717, 1.165) is 12.1 Å². The molecule has 1 rings (SSSR count). The van der Waals surface area contributed by atoms with Gasteiger partial charge in [-0.2, -0.15) is 0 Å². The molecular weight excluding hydrogens is 328 g/mol. The minimum Gasteiger partial charge on any atom is -0.481 e. The number of benzene rings is 1. The molecule has 0 aliphatic heterocycles. The Kier molecular flexibility index (Phi) is 6.04. The fourth-order valence-corrected chi connectivity index (χ4v) is 1.92. The van der Waals surface area contributed by atoms with Crippen molar-refractivity contribution in [1.29, 1.82) is 0 Å². The van der Waals surface area contributed by atoms with Gasteiger partial charge in [-0.15, -0.1) is 0 Å². The van der Waals surface area contributed by atoms with Crippen LogP contribution < -0.4 is 0 Å². The van der Waals surface area contributed by atoms with E-state index in [4.69, 9.17) is 10.2 Å². The summed E-state index contributed by atoms with van der Waals surface area (Å²) < 4.78 is 0. The summed E-state index contributed by atoms with van der Waals surface area (Å²) in [6.07, 6.45) is -1.41. The van der Waals surface area contributed by atoms with Crippen molar-refractivity contribution < 1.29 is 34.4 Å². The Hall–Kier alpha value is -3.37. The Morgan fingerprint density at radius 1 is 1.00 bits per heavy atom. The molecule has 0 aliphatic rings. The minimum absolute atomic E-state index is 0.312. The predicted molar refractivity (Wildman–Crippen MR) is 76.7 cm³/mol. The average molecular weight is 340 g/mol. The Labute approximate surface area is 133 Å². The Balaban J connectivity index is 3.08. The maximum absolute atomic E-state index is 12.1. The van der Waals surface area contributed by atoms with Crippen LogP contribution >= 0.6 is 0 Å². The van der Waals surface area contributed by atoms with Gasteiger partial charge in [-0.1, -0.05) is 0 Å². The van der Waals surface area contributed by atoms with E-state index in [1.807, 2.05) is 0 Å². The van der Waals surface area contributed by atoms with Crippen molar-refractivity contribution >= 4 is 29.1 Å². The van der Waals surface area contributed by atoms with Crippen LogP contribution in [-0.2, 0) is 9.59 Å². The molecule has 128 valence electrons. The van der Waals surface area contributed by atoms with Gasteiger partial charge in [0.05, 0.1) is 21.8 Å². The van der Waals surface area contributed by atoms with Crippen LogP contribution in [0.4, 0.5) is 11.4 Å². The minimum atomic E-state index is -1.40. The lowest BCUT2D eigenvalue weighted by Crippen LogP contribution is -2.19. The number of hydrogen-bond donors (Lipinski definition) is 2. The smallest absolute Gasteiger partial charge is 0.306 e. The van der Waals surface area contributed by atoms with Crippen LogP contribution in [0, 0.1) is 26.1 Å². The van der Waals surface area contributed by atoms with E-state index >= 15 is 0 Å². The van der Waals surface area contributed by atoms with Crippen LogP contribution in [0.15, 0.2) is 18.2 Å². The molecule has 0 radical (unpaired) electrons. The SMILES string of the molecule is O=C(O)CCC(CC(=O)c1cc([N+](=O)[O-])cc([N+](=O)[O-])c1)C(=O)O. The molecular formula is C13H12N2O9. The van der Waals surface area contributed by atoms with Gasteiger partial charge in [0.25, 0.3) is 11.4 Å². The van der Waals surface area contributed by atoms with Crippen LogP contribution in [0.3, 0.4) is 0 Å². The van der Waals surface area contributed by atoms with Gasteiger partial charge in [-0.3, -0.25) is 34.6 Å². The van der Waals surface area contributed by atoms with E-state index in [1.54, 1.807) is 0 Å². The van der Waals surface area contributed by atoms with Gasteiger partial charge in [-0.25, -0.2) is 0 Å². The quantitative estimate of drug-likeness (QED) is 0.384. The lowest BCUT2D eigenvalue weighted by molar-refractivity contribution is -0.394. The lowest BCUT2D eigenvalue weighted by atomic mass is 9.94. The summed E-state index contributed by atoms with van der Waals surface area (Å²) in [7, 11) is 0. The molecule has 11 heteroatoms. The van der Waals surface area contributed by atoms with Crippen LogP contribution in [0.1, 0.15) is 29.6 Å². The van der Waals surface area contributed by atoms with E-state index in [1.165, 1.54) is 0 Å². The van der Waals surface area contributed by atoms with Gasteiger partial charge < -0.3 is 10.2 Å². The number of carboxylic acids is 2. The Bertz CT molecular complexity index is 681. The summed E-state index contributed by atoms with van der Waals surface area (Å²) >= 11 is 0. The first-order valence-electron chi connectivity index (χ1n) is 6.53. The summed E-state index contributed by atoms with van der Waals surface area (Å²) in [4.78, 5) is 53.4. The number of nitrogens with zero attached hydrogens (tertiary/aromatic N) is 2. The molecule has 1 atom stereocenters. The number of Topliss-reactive ketones (excluding diaryl/α,β-unsaturated/α-hetero) is 1. The molecule has 0 bridgehead atoms. The van der Waals surface area contributed by atoms with Crippen molar-refractivity contribution in [3.05, 3.63) is 44.0 Å². The van der Waals surface area contributed by atoms with Gasteiger partial charge >= 0.3 is 11.9 Å². The molecule has 2 N–H and O–H groups in total. The second-order valence-corrected chi connectivity index (χ2v) is 4.85. The standard InChI is InChI=1S/C13H12N2O9/c16-11(5-7(13(19)20)1-2-12(17)18)8-3-9(14(21)22)6-10(4-8)15(23)24/h3-4,6-7H,1-2,5H2,(H,17,18)(H,19,20). The third kappa shape index (κ3) is 5.12. The van der Waals surface area contributed by atoms with Gasteiger partial charge in [0.2, 0.25) is 0 Å². The summed E-state index contributed by atoms with van der Waals surface area (Å²) in [5.41, 5.74) is -1.73. The zero-order valence-corrected chi connectivity index (χ0v) is 12.1. The van der Waals surface area contributed by atoms with Crippen LogP contribution in [-0.4, -0.2) is 37.8 Å². The van der Waals surface area contributed by atoms with Gasteiger partial charge in [-0.05, 0) is 6.42 Å². The number of hydrogen-bond acceptors (Lipinski definition) is 7. The maximum atomic E-state index is 12.1. The normalized spacial score (nSPS) is 11.5. The van der Waals surface area contributed by atoms with E-state index < -0.39 is 57.7 Å². The van der Waals surface area contributed by atoms with E-state index in [9.17, 15) is 34.6 Å². The summed E-state index contributed by atoms with van der Waals surface area (Å²) in [6, 6.07) is 2.30. The molecule has 0 amide bonds. The van der Waals surface area contributed by atoms with Crippen molar-refractivity contribution in [1.82, 2.24) is 0 Å². The monoisotopic (exact) mass is 340 g/mol. The first kappa shape index (κ1) is 18.7. The molecule has 0 saturated heterocycles. The Morgan fingerprint density at radius 3 is 1.88 bits per heavy atom. The number of nitro benzene ring substituents is 2. The highest BCUT2D eigenvalue weighted by Crippen LogP contribution is 2.25. The van der Waals surface area contributed by atoms with E-state index in [0.29, 0.717) is 6.07 Å². The first-order valence-corrected chi connectivity index (χ1v) is 6.53. The number of carbonyl (C=O) groups excluding carboxylic acids is 1. The highest BCUT2D eigenvalue weighted by molar-refractivity contribution is 5.99. The predicted octanol–water partition coefficient (Wildman–Crippen LogP) is 1.64. The molecule has 0 saturated carbocycles. The molecule has 0 heterocycles. The van der Waals surface area contributed by atoms with Crippen molar-refractivity contribution in [3.63, 3.8) is 0 Å². The third-order valence-electron chi connectivity index (χ3n) is 3.13. The number of rotatable bonds is 9. The fraction of sp³-hybridized carbons (Fsp3) is 0.308. The van der Waals surface area contributed by atoms with Gasteiger partial charge in [0.1, 0.15) is 0 Å². The molecule has 0 aromatic heterocycles. The highest BCUT2D eigenvalue weighted by atomic mass is 16.6. The number of non-ortho nitro benzene ring substituents is 2. The lowest BCUT2D eigenvalue weighted by Gasteiger charge is -2.10. The number of carboxylic acid groups (broad SMARTS) is 2. The van der Waals surface area contributed by atoms with Crippen molar-refractivity contribution in [3.8, 4) is 0 Å². The number of aliphatic carboxylic acids is 2. The number of nitro groups is 2. The molecule has 0 fully saturated rings. The fourth-order valence-electron chi connectivity index (χ4n) is 1.92. The first-order chi connectivity index (χ1) is 11.1.